The highest BCUT2D eigenvalue weighted by Gasteiger charge is 2.18. The van der Waals surface area contributed by atoms with Crippen molar-refractivity contribution in [2.75, 3.05) is 0 Å². The molecule has 0 radical (unpaired) electrons. The highest BCUT2D eigenvalue weighted by molar-refractivity contribution is 5.78. The fourth-order valence-electron chi connectivity index (χ4n) is 1.13. The summed E-state index contributed by atoms with van der Waals surface area (Å²) in [6.45, 7) is 10.2. The minimum absolute atomic E-state index is 0.0996. The summed E-state index contributed by atoms with van der Waals surface area (Å²) in [5.41, 5.74) is -0.0996. The Kier molecular flexibility index (Phi) is 5.04. The molecule has 0 aliphatic rings. The van der Waals surface area contributed by atoms with Gasteiger partial charge in [-0.3, -0.25) is 4.79 Å². The fraction of sp³-hybridized carbons (Fsp3) is 0.909. The van der Waals surface area contributed by atoms with Gasteiger partial charge in [0.25, 0.3) is 0 Å². The largest absolute Gasteiger partial charge is 0.351 e. The number of amides is 1. The van der Waals surface area contributed by atoms with E-state index >= 15 is 0 Å². The Morgan fingerprint density at radius 2 is 1.92 bits per heavy atom. The number of hydrogen-bond donors (Lipinski definition) is 1. The predicted molar refractivity (Wildman–Crippen MR) is 56.6 cm³/mol. The number of rotatable bonds is 4. The summed E-state index contributed by atoms with van der Waals surface area (Å²) in [7, 11) is 0. The van der Waals surface area contributed by atoms with Crippen LogP contribution in [0, 0.1) is 5.92 Å². The van der Waals surface area contributed by atoms with Gasteiger partial charge < -0.3 is 5.32 Å². The zero-order valence-corrected chi connectivity index (χ0v) is 9.61. The summed E-state index contributed by atoms with van der Waals surface area (Å²) in [5.74, 6) is 0.333. The van der Waals surface area contributed by atoms with Crippen LogP contribution in [0.5, 0.6) is 0 Å². The molecule has 1 amide bonds. The molecule has 0 rings (SSSR count). The number of carbonyl (C=O) groups excluding carboxylic acids is 1. The van der Waals surface area contributed by atoms with Crippen molar-refractivity contribution in [3.8, 4) is 0 Å². The predicted octanol–water partition coefficient (Wildman–Crippen LogP) is 2.73. The molecule has 0 spiro atoms. The van der Waals surface area contributed by atoms with Crippen LogP contribution in [0.2, 0.25) is 0 Å². The van der Waals surface area contributed by atoms with Crippen molar-refractivity contribution in [1.82, 2.24) is 5.32 Å². The van der Waals surface area contributed by atoms with Gasteiger partial charge in [0, 0.05) is 11.5 Å². The average Bonchev–Trinajstić information content (AvgIpc) is 1.96. The summed E-state index contributed by atoms with van der Waals surface area (Å²) in [6.07, 6.45) is 3.30. The van der Waals surface area contributed by atoms with Gasteiger partial charge in [-0.1, -0.05) is 26.7 Å². The van der Waals surface area contributed by atoms with Crippen molar-refractivity contribution in [1.29, 1.82) is 0 Å². The van der Waals surface area contributed by atoms with Crippen LogP contribution < -0.4 is 5.32 Å². The van der Waals surface area contributed by atoms with Gasteiger partial charge in [-0.15, -0.1) is 0 Å². The first kappa shape index (κ1) is 12.5. The molecule has 0 aromatic rings. The smallest absolute Gasteiger partial charge is 0.223 e. The van der Waals surface area contributed by atoms with E-state index in [-0.39, 0.29) is 17.4 Å². The Bertz CT molecular complexity index is 158. The van der Waals surface area contributed by atoms with Crippen LogP contribution in [0.15, 0.2) is 0 Å². The Balaban J connectivity index is 3.83. The summed E-state index contributed by atoms with van der Waals surface area (Å²) >= 11 is 0. The van der Waals surface area contributed by atoms with Gasteiger partial charge in [0.15, 0.2) is 0 Å². The SMILES string of the molecule is CCCCC(C)C(=O)NC(C)(C)C. The van der Waals surface area contributed by atoms with E-state index in [1.807, 2.05) is 27.7 Å². The lowest BCUT2D eigenvalue weighted by Crippen LogP contribution is -2.43. The van der Waals surface area contributed by atoms with Crippen LogP contribution in [0.3, 0.4) is 0 Å². The van der Waals surface area contributed by atoms with Crippen LogP contribution in [0.1, 0.15) is 53.9 Å². The van der Waals surface area contributed by atoms with Crippen molar-refractivity contribution in [2.45, 2.75) is 59.4 Å². The maximum atomic E-state index is 11.6. The molecular formula is C11H23NO. The van der Waals surface area contributed by atoms with Gasteiger partial charge in [-0.25, -0.2) is 0 Å². The molecular weight excluding hydrogens is 162 g/mol. The van der Waals surface area contributed by atoms with E-state index in [0.29, 0.717) is 0 Å². The third-order valence-electron chi connectivity index (χ3n) is 1.94. The lowest BCUT2D eigenvalue weighted by Gasteiger charge is -2.23. The van der Waals surface area contributed by atoms with E-state index in [1.54, 1.807) is 0 Å². The van der Waals surface area contributed by atoms with Gasteiger partial charge >= 0.3 is 0 Å². The minimum Gasteiger partial charge on any atom is -0.351 e. The van der Waals surface area contributed by atoms with E-state index in [4.69, 9.17) is 0 Å². The molecule has 2 heteroatoms. The van der Waals surface area contributed by atoms with E-state index in [1.165, 1.54) is 0 Å². The third-order valence-corrected chi connectivity index (χ3v) is 1.94. The highest BCUT2D eigenvalue weighted by Crippen LogP contribution is 2.09. The van der Waals surface area contributed by atoms with Crippen LogP contribution in [-0.4, -0.2) is 11.4 Å². The quantitative estimate of drug-likeness (QED) is 0.717. The zero-order valence-electron chi connectivity index (χ0n) is 9.61. The molecule has 0 aliphatic carbocycles. The molecule has 0 saturated carbocycles. The molecule has 13 heavy (non-hydrogen) atoms. The number of unbranched alkanes of at least 4 members (excludes halogenated alkanes) is 1. The molecule has 0 saturated heterocycles. The van der Waals surface area contributed by atoms with Crippen molar-refractivity contribution >= 4 is 5.91 Å². The van der Waals surface area contributed by atoms with Gasteiger partial charge in [-0.05, 0) is 27.2 Å². The first-order chi connectivity index (χ1) is 5.87. The highest BCUT2D eigenvalue weighted by atomic mass is 16.2. The Morgan fingerprint density at radius 1 is 1.38 bits per heavy atom. The summed E-state index contributed by atoms with van der Waals surface area (Å²) in [6, 6.07) is 0. The van der Waals surface area contributed by atoms with E-state index in [2.05, 4.69) is 12.2 Å². The molecule has 78 valence electrons. The van der Waals surface area contributed by atoms with Crippen molar-refractivity contribution in [2.24, 2.45) is 5.92 Å². The van der Waals surface area contributed by atoms with Gasteiger partial charge in [0.05, 0.1) is 0 Å². The zero-order chi connectivity index (χ0) is 10.5. The molecule has 1 N–H and O–H groups in total. The summed E-state index contributed by atoms with van der Waals surface area (Å²) in [4.78, 5) is 11.6. The van der Waals surface area contributed by atoms with Crippen molar-refractivity contribution in [3.63, 3.8) is 0 Å². The third kappa shape index (κ3) is 6.62. The minimum atomic E-state index is -0.0996. The van der Waals surface area contributed by atoms with Crippen molar-refractivity contribution in [3.05, 3.63) is 0 Å². The van der Waals surface area contributed by atoms with Crippen LogP contribution in [0.4, 0.5) is 0 Å². The topological polar surface area (TPSA) is 29.1 Å². The molecule has 1 unspecified atom stereocenters. The van der Waals surface area contributed by atoms with Crippen LogP contribution in [-0.2, 0) is 4.79 Å². The second-order valence-corrected chi connectivity index (χ2v) is 4.78. The summed E-state index contributed by atoms with van der Waals surface area (Å²) in [5, 5.41) is 2.99. The second-order valence-electron chi connectivity index (χ2n) is 4.78. The molecule has 0 aliphatic heterocycles. The van der Waals surface area contributed by atoms with Crippen LogP contribution >= 0.6 is 0 Å². The Morgan fingerprint density at radius 3 is 2.31 bits per heavy atom. The van der Waals surface area contributed by atoms with E-state index in [0.717, 1.165) is 19.3 Å². The lowest BCUT2D eigenvalue weighted by atomic mass is 10.0. The molecule has 2 nitrogen and oxygen atoms in total. The lowest BCUT2D eigenvalue weighted by molar-refractivity contribution is -0.126. The number of hydrogen-bond acceptors (Lipinski definition) is 1. The Hall–Kier alpha value is -0.530. The van der Waals surface area contributed by atoms with Crippen LogP contribution in [0.25, 0.3) is 0 Å². The molecule has 0 aromatic carbocycles. The second kappa shape index (κ2) is 5.25. The van der Waals surface area contributed by atoms with Gasteiger partial charge in [0.1, 0.15) is 0 Å². The number of nitrogens with one attached hydrogen (secondary N) is 1. The van der Waals surface area contributed by atoms with Gasteiger partial charge in [-0.2, -0.15) is 0 Å². The van der Waals surface area contributed by atoms with E-state index in [9.17, 15) is 4.79 Å². The molecule has 0 fully saturated rings. The first-order valence-corrected chi connectivity index (χ1v) is 5.19. The van der Waals surface area contributed by atoms with Gasteiger partial charge in [0.2, 0.25) is 5.91 Å². The molecule has 0 bridgehead atoms. The molecule has 1 atom stereocenters. The number of carbonyl (C=O) groups is 1. The molecule has 0 aromatic heterocycles. The fourth-order valence-corrected chi connectivity index (χ4v) is 1.13. The maximum absolute atomic E-state index is 11.6. The monoisotopic (exact) mass is 185 g/mol. The summed E-state index contributed by atoms with van der Waals surface area (Å²) < 4.78 is 0. The standard InChI is InChI=1S/C11H23NO/c1-6-7-8-9(2)10(13)12-11(3,4)5/h9H,6-8H2,1-5H3,(H,12,13). The van der Waals surface area contributed by atoms with Crippen molar-refractivity contribution < 1.29 is 4.79 Å². The normalized spacial score (nSPS) is 13.9. The maximum Gasteiger partial charge on any atom is 0.223 e. The average molecular weight is 185 g/mol. The Labute approximate surface area is 82.1 Å². The molecule has 0 heterocycles. The first-order valence-electron chi connectivity index (χ1n) is 5.19. The van der Waals surface area contributed by atoms with E-state index < -0.39 is 0 Å².